The molecule has 0 saturated carbocycles. The maximum atomic E-state index is 13.8. The maximum absolute atomic E-state index is 13.8. The Bertz CT molecular complexity index is 2970. The minimum absolute atomic E-state index is 0.0469. The third-order valence-corrected chi connectivity index (χ3v) is 21.9. The standard InChI is InChI=1S/C77H122O26/c1-13-62(99-66-38-76(12,95)74(48(11)98-66)102-65-29-27-63(47(10)97-65)100-75(94)46(9)71(92)49-23-26-58-59(31-49)61(86)30-42(5)67(58)88)43(6)69(90)44(7)70(91)45(8)72-41(4)21-25-51(79)16-14-18-52(80)32-54(82)33-55(83)34-57-35-56(84)37-77(96,103-57)73(93)68(89)40(3)20-24-50(78)17-15-19-53(81)36-60(85)39(2)22-28-64(87)101-72/h21-23,25-26,28,30-31,39-41,43-48,50-57,60,62-63,65-66,68-72,74,78-85,89-92,95-96H,13-20,24,27,29,32-38H2,1-12H3/b25-21+,28-22+. The predicted molar refractivity (Wildman–Crippen MR) is 375 cm³/mol. The van der Waals surface area contributed by atoms with Gasteiger partial charge in [0.25, 0.3) is 0 Å². The topological polar surface area (TPSA) is 433 Å². The monoisotopic (exact) mass is 1460 g/mol. The second-order valence-corrected chi connectivity index (χ2v) is 31.0. The van der Waals surface area contributed by atoms with Gasteiger partial charge in [0.15, 0.2) is 24.1 Å². The van der Waals surface area contributed by atoms with Crippen LogP contribution in [-0.2, 0) is 47.5 Å². The fourth-order valence-corrected chi connectivity index (χ4v) is 15.1. The SMILES string of the molecule is CCC(OC1CC(C)(O)C(OC2CCC(OC(=O)C(C)C(O)c3ccc4c(c3)C(=O)C=C(C)C4=O)C(C)O2)C(C)O1)C(C)C(O)C(C)C(O)C(C)C1OC(=O)/C=C/C(C)C(O)CC(O)CCCC(O)CCC(C)C(O)C(=O)C2(O)CC(O)CC(CC(O)CC(O)CC(O)CCCC(O)/C=C/C1C)O2. The number of aliphatic hydroxyl groups excluding tert-OH is 12. The fraction of sp³-hybridized carbons (Fsp3) is 0.779. The van der Waals surface area contributed by atoms with E-state index in [1.54, 1.807) is 75.3 Å². The predicted octanol–water partition coefficient (Wildman–Crippen LogP) is 5.13. The maximum Gasteiger partial charge on any atom is 0.330 e. The molecule has 0 spiro atoms. The highest BCUT2D eigenvalue weighted by atomic mass is 16.7. The van der Waals surface area contributed by atoms with Crippen LogP contribution in [0, 0.1) is 41.4 Å². The summed E-state index contributed by atoms with van der Waals surface area (Å²) in [5, 5.41) is 157. The summed E-state index contributed by atoms with van der Waals surface area (Å²) in [6.45, 7) is 20.0. The van der Waals surface area contributed by atoms with Gasteiger partial charge in [0.2, 0.25) is 11.6 Å². The van der Waals surface area contributed by atoms with Gasteiger partial charge < -0.3 is 105 Å². The van der Waals surface area contributed by atoms with E-state index in [0.717, 1.165) is 6.08 Å². The van der Waals surface area contributed by atoms with Gasteiger partial charge >= 0.3 is 11.9 Å². The minimum Gasteiger partial charge on any atom is -0.459 e. The molecule has 0 aromatic heterocycles. The Hall–Kier alpha value is -4.37. The minimum atomic E-state index is -2.58. The second kappa shape index (κ2) is 39.6. The van der Waals surface area contributed by atoms with Crippen molar-refractivity contribution in [1.82, 2.24) is 0 Å². The average Bonchev–Trinajstić information content (AvgIpc) is 0.797. The van der Waals surface area contributed by atoms with Crippen LogP contribution in [0.2, 0.25) is 0 Å². The van der Waals surface area contributed by atoms with E-state index >= 15 is 0 Å². The van der Waals surface area contributed by atoms with Crippen molar-refractivity contribution in [3.05, 3.63) is 70.8 Å². The summed E-state index contributed by atoms with van der Waals surface area (Å²) in [7, 11) is 0. The number of carbonyl (C=O) groups is 5. The Balaban J connectivity index is 1.05. The molecule has 1 aromatic carbocycles. The molecule has 1 aromatic rings. The third-order valence-electron chi connectivity index (χ3n) is 21.9. The smallest absolute Gasteiger partial charge is 0.330 e. The molecule has 3 saturated heterocycles. The summed E-state index contributed by atoms with van der Waals surface area (Å²) in [5.74, 6) is -11.3. The zero-order valence-corrected chi connectivity index (χ0v) is 62.2. The van der Waals surface area contributed by atoms with Crippen molar-refractivity contribution in [2.45, 2.75) is 339 Å². The van der Waals surface area contributed by atoms with Gasteiger partial charge in [0.05, 0.1) is 103 Å². The first-order valence-corrected chi connectivity index (χ1v) is 37.4. The lowest BCUT2D eigenvalue weighted by molar-refractivity contribution is -0.330. The molecule has 0 radical (unpaired) electrons. The van der Waals surface area contributed by atoms with Gasteiger partial charge in [0, 0.05) is 71.6 Å². The Kier molecular flexibility index (Phi) is 33.7. The van der Waals surface area contributed by atoms with Crippen LogP contribution in [0.15, 0.2) is 54.2 Å². The Morgan fingerprint density at radius 3 is 1.93 bits per heavy atom. The number of esters is 2. The Labute approximate surface area is 606 Å². The number of ketones is 3. The summed E-state index contributed by atoms with van der Waals surface area (Å²) >= 11 is 0. The van der Waals surface area contributed by atoms with Crippen molar-refractivity contribution in [3.8, 4) is 0 Å². The molecule has 30 atom stereocenters. The van der Waals surface area contributed by atoms with Crippen molar-refractivity contribution in [3.63, 3.8) is 0 Å². The van der Waals surface area contributed by atoms with E-state index in [0.29, 0.717) is 31.3 Å². The van der Waals surface area contributed by atoms with Crippen molar-refractivity contribution in [2.75, 3.05) is 0 Å². The van der Waals surface area contributed by atoms with Crippen molar-refractivity contribution >= 4 is 29.3 Å². The number of Topliss-reactive ketones (excluding diaryl/α,β-unsaturated/α-hetero) is 2. The molecule has 1 aliphatic carbocycles. The first-order valence-electron chi connectivity index (χ1n) is 37.4. The Morgan fingerprint density at radius 1 is 0.650 bits per heavy atom. The number of carbonyl (C=O) groups excluding carboxylic acids is 5. The van der Waals surface area contributed by atoms with Crippen LogP contribution >= 0.6 is 0 Å². The van der Waals surface area contributed by atoms with E-state index in [-0.39, 0.29) is 112 Å². The Morgan fingerprint density at radius 2 is 1.27 bits per heavy atom. The quantitative estimate of drug-likeness (QED) is 0.0799. The van der Waals surface area contributed by atoms with Crippen LogP contribution in [0.25, 0.3) is 0 Å². The van der Waals surface area contributed by atoms with Gasteiger partial charge in [-0.05, 0) is 161 Å². The van der Waals surface area contributed by atoms with Gasteiger partial charge in [-0.15, -0.1) is 0 Å². The molecule has 30 unspecified atom stereocenters. The van der Waals surface area contributed by atoms with Crippen LogP contribution in [0.3, 0.4) is 0 Å². The molecule has 5 aliphatic rings. The largest absolute Gasteiger partial charge is 0.459 e. The molecule has 4 aliphatic heterocycles. The van der Waals surface area contributed by atoms with Crippen LogP contribution in [0.5, 0.6) is 0 Å². The van der Waals surface area contributed by atoms with Gasteiger partial charge in [0.1, 0.15) is 24.4 Å². The number of hydrogen-bond donors (Lipinski definition) is 14. The summed E-state index contributed by atoms with van der Waals surface area (Å²) < 4.78 is 43.1. The van der Waals surface area contributed by atoms with Crippen LogP contribution in [0.1, 0.15) is 231 Å². The van der Waals surface area contributed by atoms with E-state index in [9.17, 15) is 95.5 Å². The lowest BCUT2D eigenvalue weighted by Gasteiger charge is -2.47. The van der Waals surface area contributed by atoms with E-state index in [4.69, 9.17) is 33.2 Å². The van der Waals surface area contributed by atoms with Gasteiger partial charge in [-0.25, -0.2) is 4.79 Å². The fourth-order valence-electron chi connectivity index (χ4n) is 15.1. The zero-order valence-electron chi connectivity index (χ0n) is 62.2. The number of benzene rings is 1. The van der Waals surface area contributed by atoms with E-state index in [1.807, 2.05) is 6.92 Å². The number of hydrogen-bond acceptors (Lipinski definition) is 26. The van der Waals surface area contributed by atoms with Crippen molar-refractivity contribution in [1.29, 1.82) is 0 Å². The number of fused-ring (bicyclic) bond motifs is 3. The molecular weight excluding hydrogens is 1340 g/mol. The highest BCUT2D eigenvalue weighted by molar-refractivity contribution is 6.24. The molecule has 14 N–H and O–H groups in total. The van der Waals surface area contributed by atoms with E-state index < -0.39 is 206 Å². The number of ether oxygens (including phenoxy) is 7. The van der Waals surface area contributed by atoms with E-state index in [1.165, 1.54) is 43.4 Å². The number of cyclic esters (lactones) is 1. The molecule has 26 heteroatoms. The number of aliphatic hydroxyl groups is 14. The summed E-state index contributed by atoms with van der Waals surface area (Å²) in [5.41, 5.74) is -0.565. The highest BCUT2D eigenvalue weighted by Crippen LogP contribution is 2.40. The normalized spacial score (nSPS) is 39.1. The molecule has 103 heavy (non-hydrogen) atoms. The molecule has 3 fully saturated rings. The van der Waals surface area contributed by atoms with E-state index in [2.05, 4.69) is 0 Å². The molecule has 586 valence electrons. The average molecular weight is 1460 g/mol. The molecule has 4 heterocycles. The first-order chi connectivity index (χ1) is 48.2. The van der Waals surface area contributed by atoms with Gasteiger partial charge in [-0.1, -0.05) is 72.8 Å². The number of allylic oxidation sites excluding steroid dienone is 2. The summed E-state index contributed by atoms with van der Waals surface area (Å²) in [4.78, 5) is 66.0. The summed E-state index contributed by atoms with van der Waals surface area (Å²) in [6, 6.07) is 4.40. The van der Waals surface area contributed by atoms with Crippen LogP contribution in [0.4, 0.5) is 0 Å². The van der Waals surface area contributed by atoms with Crippen LogP contribution < -0.4 is 0 Å². The highest BCUT2D eigenvalue weighted by Gasteiger charge is 2.51. The van der Waals surface area contributed by atoms with Crippen molar-refractivity contribution in [2.24, 2.45) is 41.4 Å². The third kappa shape index (κ3) is 24.8. The zero-order chi connectivity index (χ0) is 76.7. The lowest BCUT2D eigenvalue weighted by atomic mass is 9.78. The molecular formula is C77H122O26. The second-order valence-electron chi connectivity index (χ2n) is 31.0. The summed E-state index contributed by atoms with van der Waals surface area (Å²) in [6.07, 6.45) is -13.5. The molecule has 0 amide bonds. The molecule has 26 nitrogen and oxygen atoms in total. The van der Waals surface area contributed by atoms with Gasteiger partial charge in [-0.3, -0.25) is 19.2 Å². The molecule has 6 rings (SSSR count). The lowest BCUT2D eigenvalue weighted by Crippen LogP contribution is -2.59. The van der Waals surface area contributed by atoms with Gasteiger partial charge in [-0.2, -0.15) is 0 Å². The molecule has 2 bridgehead atoms. The first kappa shape index (κ1) is 87.5. The van der Waals surface area contributed by atoms with Crippen LogP contribution in [-0.4, -0.2) is 235 Å². The van der Waals surface area contributed by atoms with Crippen molar-refractivity contribution < 1.29 is 129 Å². The number of rotatable bonds is 15.